The zero-order chi connectivity index (χ0) is 13.8. The number of hydrazine groups is 1. The second-order valence-corrected chi connectivity index (χ2v) is 5.04. The molecule has 1 fully saturated rings. The molecule has 0 atom stereocenters. The Balaban J connectivity index is 1.96. The molecule has 1 aromatic rings. The lowest BCUT2D eigenvalue weighted by molar-refractivity contribution is -0.121. The number of amides is 1. The lowest BCUT2D eigenvalue weighted by Crippen LogP contribution is -2.47. The van der Waals surface area contributed by atoms with Crippen LogP contribution in [0.5, 0.6) is 0 Å². The Labute approximate surface area is 112 Å². The van der Waals surface area contributed by atoms with Crippen LogP contribution in [-0.2, 0) is 4.79 Å². The first-order valence-corrected chi connectivity index (χ1v) is 6.59. The Morgan fingerprint density at radius 1 is 1.26 bits per heavy atom. The highest BCUT2D eigenvalue weighted by Gasteiger charge is 2.29. The van der Waals surface area contributed by atoms with Crippen molar-refractivity contribution in [3.8, 4) is 0 Å². The number of nitrogens with two attached hydrogens (primary N) is 1. The summed E-state index contributed by atoms with van der Waals surface area (Å²) < 4.78 is 0. The van der Waals surface area contributed by atoms with Crippen LogP contribution in [0.2, 0.25) is 0 Å². The van der Waals surface area contributed by atoms with E-state index in [0.717, 1.165) is 25.7 Å². The zero-order valence-corrected chi connectivity index (χ0v) is 11.1. The highest BCUT2D eigenvalue weighted by molar-refractivity contribution is 5.92. The fraction of sp³-hybridized carbons (Fsp3) is 0.500. The van der Waals surface area contributed by atoms with Crippen molar-refractivity contribution in [1.82, 2.24) is 9.99 Å². The molecule has 0 aromatic carbocycles. The molecule has 0 bridgehead atoms. The number of rotatable bonds is 3. The van der Waals surface area contributed by atoms with E-state index in [4.69, 9.17) is 5.84 Å². The van der Waals surface area contributed by atoms with Crippen LogP contribution in [0.1, 0.15) is 43.1 Å². The molecule has 0 aliphatic heterocycles. The molecular formula is C14H19N3O2. The molecule has 1 aromatic heterocycles. The van der Waals surface area contributed by atoms with Gasteiger partial charge in [-0.2, -0.15) is 0 Å². The number of aromatic nitrogens is 1. The first kappa shape index (κ1) is 13.7. The van der Waals surface area contributed by atoms with Crippen LogP contribution in [0.25, 0.3) is 0 Å². The molecule has 0 saturated heterocycles. The van der Waals surface area contributed by atoms with Gasteiger partial charge in [-0.15, -0.1) is 0 Å². The highest BCUT2D eigenvalue weighted by Crippen LogP contribution is 2.27. The average Bonchev–Trinajstić information content (AvgIpc) is 2.46. The molecule has 1 aliphatic rings. The van der Waals surface area contributed by atoms with Crippen molar-refractivity contribution in [3.63, 3.8) is 0 Å². The third-order valence-electron chi connectivity index (χ3n) is 3.78. The van der Waals surface area contributed by atoms with Gasteiger partial charge in [0.25, 0.3) is 5.91 Å². The van der Waals surface area contributed by atoms with E-state index < -0.39 is 0 Å². The predicted molar refractivity (Wildman–Crippen MR) is 71.0 cm³/mol. The van der Waals surface area contributed by atoms with Crippen LogP contribution in [-0.4, -0.2) is 27.7 Å². The number of pyridine rings is 1. The molecule has 1 amide bonds. The van der Waals surface area contributed by atoms with Crippen molar-refractivity contribution in [2.75, 3.05) is 0 Å². The van der Waals surface area contributed by atoms with Gasteiger partial charge in [0.1, 0.15) is 11.5 Å². The maximum Gasteiger partial charge on any atom is 0.286 e. The van der Waals surface area contributed by atoms with Gasteiger partial charge in [0, 0.05) is 18.2 Å². The maximum absolute atomic E-state index is 12.1. The Kier molecular flexibility index (Phi) is 4.27. The van der Waals surface area contributed by atoms with E-state index >= 15 is 0 Å². The molecule has 0 unspecified atom stereocenters. The molecule has 5 heteroatoms. The summed E-state index contributed by atoms with van der Waals surface area (Å²) in [5.41, 5.74) is 0.360. The van der Waals surface area contributed by atoms with E-state index in [-0.39, 0.29) is 23.7 Å². The minimum atomic E-state index is -0.258. The number of carbonyl (C=O) groups is 2. The molecule has 19 heavy (non-hydrogen) atoms. The Morgan fingerprint density at radius 2 is 1.95 bits per heavy atom. The van der Waals surface area contributed by atoms with Gasteiger partial charge in [-0.25, -0.2) is 5.84 Å². The number of hydrogen-bond acceptors (Lipinski definition) is 4. The topological polar surface area (TPSA) is 76.3 Å². The number of Topliss-reactive ketones (excluding diaryl/α,β-unsaturated/α-hetero) is 1. The first-order chi connectivity index (χ1) is 9.09. The second-order valence-electron chi connectivity index (χ2n) is 5.04. The number of nitrogens with zero attached hydrogens (tertiary/aromatic N) is 2. The fourth-order valence-corrected chi connectivity index (χ4v) is 2.55. The molecule has 1 heterocycles. The molecule has 1 aliphatic carbocycles. The average molecular weight is 261 g/mol. The summed E-state index contributed by atoms with van der Waals surface area (Å²) in [6.45, 7) is 1.63. The Hall–Kier alpha value is -1.75. The van der Waals surface area contributed by atoms with E-state index in [2.05, 4.69) is 4.98 Å². The van der Waals surface area contributed by atoms with Crippen LogP contribution in [0.15, 0.2) is 24.4 Å². The highest BCUT2D eigenvalue weighted by atomic mass is 16.2. The minimum Gasteiger partial charge on any atom is -0.300 e. The van der Waals surface area contributed by atoms with E-state index in [1.54, 1.807) is 31.3 Å². The molecule has 0 spiro atoms. The van der Waals surface area contributed by atoms with Crippen molar-refractivity contribution < 1.29 is 9.59 Å². The van der Waals surface area contributed by atoms with Crippen molar-refractivity contribution in [2.45, 2.75) is 38.6 Å². The summed E-state index contributed by atoms with van der Waals surface area (Å²) in [7, 11) is 0. The molecule has 2 rings (SSSR count). The summed E-state index contributed by atoms with van der Waals surface area (Å²) in [6, 6.07) is 5.19. The van der Waals surface area contributed by atoms with E-state index in [1.807, 2.05) is 0 Å². The van der Waals surface area contributed by atoms with Gasteiger partial charge in [0.05, 0.1) is 0 Å². The monoisotopic (exact) mass is 261 g/mol. The van der Waals surface area contributed by atoms with Crippen molar-refractivity contribution in [2.24, 2.45) is 11.8 Å². The van der Waals surface area contributed by atoms with Crippen LogP contribution < -0.4 is 5.84 Å². The van der Waals surface area contributed by atoms with E-state index in [9.17, 15) is 9.59 Å². The summed E-state index contributed by atoms with van der Waals surface area (Å²) in [5, 5.41) is 1.28. The van der Waals surface area contributed by atoms with Crippen molar-refractivity contribution >= 4 is 11.7 Å². The summed E-state index contributed by atoms with van der Waals surface area (Å²) >= 11 is 0. The number of ketones is 1. The summed E-state index contributed by atoms with van der Waals surface area (Å²) in [5.74, 6) is 6.02. The van der Waals surface area contributed by atoms with Gasteiger partial charge in [-0.05, 0) is 44.7 Å². The predicted octanol–water partition coefficient (Wildman–Crippen LogP) is 1.55. The van der Waals surface area contributed by atoms with E-state index in [1.165, 1.54) is 5.01 Å². The second kappa shape index (κ2) is 5.93. The SMILES string of the molecule is CC(=O)C1CCC(N(N)C(=O)c2ccccn2)CC1. The fourth-order valence-electron chi connectivity index (χ4n) is 2.55. The Bertz CT molecular complexity index is 453. The smallest absolute Gasteiger partial charge is 0.286 e. The summed E-state index contributed by atoms with van der Waals surface area (Å²) in [6.07, 6.45) is 4.75. The lowest BCUT2D eigenvalue weighted by Gasteiger charge is -2.33. The quantitative estimate of drug-likeness (QED) is 0.509. The molecule has 2 N–H and O–H groups in total. The van der Waals surface area contributed by atoms with Gasteiger partial charge in [-0.1, -0.05) is 6.07 Å². The van der Waals surface area contributed by atoms with Gasteiger partial charge in [0.2, 0.25) is 0 Å². The van der Waals surface area contributed by atoms with Gasteiger partial charge in [0.15, 0.2) is 0 Å². The van der Waals surface area contributed by atoms with Crippen LogP contribution in [0.3, 0.4) is 0 Å². The van der Waals surface area contributed by atoms with Crippen molar-refractivity contribution in [1.29, 1.82) is 0 Å². The third kappa shape index (κ3) is 3.17. The number of hydrogen-bond donors (Lipinski definition) is 1. The number of carbonyl (C=O) groups excluding carboxylic acids is 2. The van der Waals surface area contributed by atoms with E-state index in [0.29, 0.717) is 5.69 Å². The molecule has 0 radical (unpaired) electrons. The normalized spacial score (nSPS) is 22.8. The van der Waals surface area contributed by atoms with Gasteiger partial charge >= 0.3 is 0 Å². The minimum absolute atomic E-state index is 0.00473. The van der Waals surface area contributed by atoms with Crippen molar-refractivity contribution in [3.05, 3.63) is 30.1 Å². The van der Waals surface area contributed by atoms with Gasteiger partial charge < -0.3 is 0 Å². The zero-order valence-electron chi connectivity index (χ0n) is 11.1. The standard InChI is InChI=1S/C14H19N3O2/c1-10(18)11-5-7-12(8-6-11)17(15)14(19)13-4-2-3-9-16-13/h2-4,9,11-12H,5-8,15H2,1H3. The molecule has 5 nitrogen and oxygen atoms in total. The molecular weight excluding hydrogens is 242 g/mol. The Morgan fingerprint density at radius 3 is 2.47 bits per heavy atom. The largest absolute Gasteiger partial charge is 0.300 e. The summed E-state index contributed by atoms with van der Waals surface area (Å²) in [4.78, 5) is 27.5. The lowest BCUT2D eigenvalue weighted by atomic mass is 9.83. The van der Waals surface area contributed by atoms with Crippen LogP contribution in [0, 0.1) is 5.92 Å². The third-order valence-corrected chi connectivity index (χ3v) is 3.78. The van der Waals surface area contributed by atoms with Gasteiger partial charge in [-0.3, -0.25) is 19.6 Å². The molecule has 1 saturated carbocycles. The first-order valence-electron chi connectivity index (χ1n) is 6.59. The molecule has 102 valence electrons. The van der Waals surface area contributed by atoms with Crippen LogP contribution >= 0.6 is 0 Å². The van der Waals surface area contributed by atoms with Crippen LogP contribution in [0.4, 0.5) is 0 Å². The maximum atomic E-state index is 12.1.